The third-order valence-electron chi connectivity index (χ3n) is 3.65. The molecule has 6 nitrogen and oxygen atoms in total. The van der Waals surface area contributed by atoms with Crippen LogP contribution in [-0.2, 0) is 0 Å². The number of piperidine rings is 1. The first-order valence-electron chi connectivity index (χ1n) is 6.73. The molecular weight excluding hydrogens is 258 g/mol. The summed E-state index contributed by atoms with van der Waals surface area (Å²) in [5.41, 5.74) is 0.622. The zero-order valence-electron chi connectivity index (χ0n) is 11.2. The average Bonchev–Trinajstić information content (AvgIpc) is 2.92. The second kappa shape index (κ2) is 5.13. The summed E-state index contributed by atoms with van der Waals surface area (Å²) in [6.07, 6.45) is 1.95. The van der Waals surface area contributed by atoms with E-state index in [1.54, 1.807) is 6.07 Å². The molecule has 1 aromatic carbocycles. The number of hydrogen-bond acceptors (Lipinski definition) is 6. The molecule has 3 N–H and O–H groups in total. The van der Waals surface area contributed by atoms with E-state index in [0.717, 1.165) is 19.4 Å². The number of nitrogens with one attached hydrogen (secondary N) is 1. The smallest absolute Gasteiger partial charge is 0.230 e. The molecule has 0 saturated carbocycles. The first-order chi connectivity index (χ1) is 9.63. The Morgan fingerprint density at radius 2 is 2.15 bits per heavy atom. The highest BCUT2D eigenvalue weighted by Crippen LogP contribution is 2.31. The predicted molar refractivity (Wildman–Crippen MR) is 72.5 cm³/mol. The molecule has 2 atom stereocenters. The van der Waals surface area contributed by atoms with Gasteiger partial charge in [-0.05, 0) is 44.5 Å². The molecule has 106 valence electrons. The lowest BCUT2D eigenvalue weighted by Crippen LogP contribution is -2.34. The van der Waals surface area contributed by atoms with Crippen LogP contribution in [0, 0.1) is 0 Å². The van der Waals surface area contributed by atoms with Gasteiger partial charge in [-0.2, -0.15) is 4.98 Å². The van der Waals surface area contributed by atoms with Gasteiger partial charge in [-0.25, -0.2) is 0 Å². The molecule has 2 aromatic rings. The van der Waals surface area contributed by atoms with E-state index in [0.29, 0.717) is 23.3 Å². The molecule has 20 heavy (non-hydrogen) atoms. The number of rotatable bonds is 2. The second-order valence-electron chi connectivity index (χ2n) is 5.24. The summed E-state index contributed by atoms with van der Waals surface area (Å²) in [6.45, 7) is 3.09. The molecule has 6 heteroatoms. The normalized spacial score (nSPS) is 22.9. The largest absolute Gasteiger partial charge is 0.504 e. The molecule has 2 unspecified atom stereocenters. The second-order valence-corrected chi connectivity index (χ2v) is 5.24. The summed E-state index contributed by atoms with van der Waals surface area (Å²) < 4.78 is 5.34. The Morgan fingerprint density at radius 3 is 2.90 bits per heavy atom. The molecule has 0 spiro atoms. The van der Waals surface area contributed by atoms with Crippen LogP contribution in [0.3, 0.4) is 0 Å². The van der Waals surface area contributed by atoms with Gasteiger partial charge in [0.15, 0.2) is 11.5 Å². The van der Waals surface area contributed by atoms with Crippen molar-refractivity contribution in [3.8, 4) is 22.9 Å². The van der Waals surface area contributed by atoms with Gasteiger partial charge in [0.2, 0.25) is 11.7 Å². The van der Waals surface area contributed by atoms with Crippen LogP contribution in [-0.4, -0.2) is 32.9 Å². The topological polar surface area (TPSA) is 91.4 Å². The van der Waals surface area contributed by atoms with Gasteiger partial charge in [-0.1, -0.05) is 5.16 Å². The minimum Gasteiger partial charge on any atom is -0.504 e. The predicted octanol–water partition coefficient (Wildman–Crippen LogP) is 2.00. The van der Waals surface area contributed by atoms with Crippen molar-refractivity contribution in [2.24, 2.45) is 0 Å². The van der Waals surface area contributed by atoms with E-state index in [1.807, 2.05) is 0 Å². The van der Waals surface area contributed by atoms with Gasteiger partial charge in [-0.3, -0.25) is 0 Å². The summed E-state index contributed by atoms with van der Waals surface area (Å²) >= 11 is 0. The van der Waals surface area contributed by atoms with Crippen LogP contribution < -0.4 is 5.32 Å². The summed E-state index contributed by atoms with van der Waals surface area (Å²) in [5, 5.41) is 26.2. The van der Waals surface area contributed by atoms with Crippen LogP contribution in [0.25, 0.3) is 11.4 Å². The Balaban J connectivity index is 1.84. The number of nitrogens with zero attached hydrogens (tertiary/aromatic N) is 2. The monoisotopic (exact) mass is 275 g/mol. The maximum absolute atomic E-state index is 9.51. The molecule has 0 radical (unpaired) electrons. The van der Waals surface area contributed by atoms with Gasteiger partial charge in [0.05, 0.1) is 0 Å². The van der Waals surface area contributed by atoms with Crippen molar-refractivity contribution in [1.82, 2.24) is 15.5 Å². The van der Waals surface area contributed by atoms with Crippen LogP contribution >= 0.6 is 0 Å². The van der Waals surface area contributed by atoms with E-state index in [4.69, 9.17) is 4.52 Å². The SMILES string of the molecule is CC1CC(c2nc(-c3ccc(O)c(O)c3)no2)CCN1. The van der Waals surface area contributed by atoms with E-state index < -0.39 is 0 Å². The molecule has 0 bridgehead atoms. The molecule has 1 aliphatic heterocycles. The third-order valence-corrected chi connectivity index (χ3v) is 3.65. The lowest BCUT2D eigenvalue weighted by Gasteiger charge is -2.25. The number of aromatic hydroxyl groups is 2. The summed E-state index contributed by atoms with van der Waals surface area (Å²) in [7, 11) is 0. The van der Waals surface area contributed by atoms with Gasteiger partial charge < -0.3 is 20.1 Å². The number of phenolic OH excluding ortho intramolecular Hbond substituents is 2. The fourth-order valence-electron chi connectivity index (χ4n) is 2.54. The summed E-state index contributed by atoms with van der Waals surface area (Å²) in [6, 6.07) is 4.93. The molecule has 0 aliphatic carbocycles. The first kappa shape index (κ1) is 12.9. The van der Waals surface area contributed by atoms with Gasteiger partial charge in [0.1, 0.15) is 0 Å². The minimum atomic E-state index is -0.190. The van der Waals surface area contributed by atoms with Gasteiger partial charge in [-0.15, -0.1) is 0 Å². The standard InChI is InChI=1S/C14H17N3O3/c1-8-6-10(4-5-15-8)14-16-13(17-20-14)9-2-3-11(18)12(19)7-9/h2-3,7-8,10,15,18-19H,4-6H2,1H3. The fourth-order valence-corrected chi connectivity index (χ4v) is 2.54. The van der Waals surface area contributed by atoms with Crippen molar-refractivity contribution in [2.45, 2.75) is 31.7 Å². The third kappa shape index (κ3) is 2.46. The van der Waals surface area contributed by atoms with Crippen LogP contribution in [0.5, 0.6) is 11.5 Å². The quantitative estimate of drug-likeness (QED) is 0.726. The fraction of sp³-hybridized carbons (Fsp3) is 0.429. The Morgan fingerprint density at radius 1 is 1.30 bits per heavy atom. The number of benzene rings is 1. The van der Waals surface area contributed by atoms with E-state index in [-0.39, 0.29) is 17.4 Å². The Hall–Kier alpha value is -2.08. The lowest BCUT2D eigenvalue weighted by molar-refractivity contribution is 0.295. The first-order valence-corrected chi connectivity index (χ1v) is 6.73. The Kier molecular flexibility index (Phi) is 3.31. The van der Waals surface area contributed by atoms with Crippen LogP contribution in [0.4, 0.5) is 0 Å². The van der Waals surface area contributed by atoms with E-state index in [1.165, 1.54) is 12.1 Å². The van der Waals surface area contributed by atoms with Crippen molar-refractivity contribution in [1.29, 1.82) is 0 Å². The highest BCUT2D eigenvalue weighted by atomic mass is 16.5. The highest BCUT2D eigenvalue weighted by molar-refractivity contribution is 5.59. The van der Waals surface area contributed by atoms with E-state index in [9.17, 15) is 10.2 Å². The van der Waals surface area contributed by atoms with Gasteiger partial charge >= 0.3 is 0 Å². The Labute approximate surface area is 116 Å². The number of hydrogen-bond donors (Lipinski definition) is 3. The van der Waals surface area contributed by atoms with Crippen molar-refractivity contribution in [2.75, 3.05) is 6.54 Å². The zero-order chi connectivity index (χ0) is 14.1. The van der Waals surface area contributed by atoms with Crippen LogP contribution in [0.2, 0.25) is 0 Å². The summed E-state index contributed by atoms with van der Waals surface area (Å²) in [5.74, 6) is 0.995. The molecule has 1 fully saturated rings. The molecule has 0 amide bonds. The van der Waals surface area contributed by atoms with Crippen molar-refractivity contribution >= 4 is 0 Å². The number of phenols is 2. The van der Waals surface area contributed by atoms with Crippen LogP contribution in [0.1, 0.15) is 31.6 Å². The van der Waals surface area contributed by atoms with E-state index >= 15 is 0 Å². The van der Waals surface area contributed by atoms with Crippen molar-refractivity contribution in [3.05, 3.63) is 24.1 Å². The van der Waals surface area contributed by atoms with Gasteiger partial charge in [0.25, 0.3) is 0 Å². The lowest BCUT2D eigenvalue weighted by atomic mass is 9.93. The van der Waals surface area contributed by atoms with E-state index in [2.05, 4.69) is 22.4 Å². The number of aromatic nitrogens is 2. The Bertz CT molecular complexity index is 611. The molecular formula is C14H17N3O3. The minimum absolute atomic E-state index is 0.162. The summed E-state index contributed by atoms with van der Waals surface area (Å²) in [4.78, 5) is 4.41. The molecule has 3 rings (SSSR count). The average molecular weight is 275 g/mol. The van der Waals surface area contributed by atoms with Gasteiger partial charge in [0, 0.05) is 17.5 Å². The van der Waals surface area contributed by atoms with Crippen LogP contribution in [0.15, 0.2) is 22.7 Å². The maximum atomic E-state index is 9.51. The molecule has 1 aromatic heterocycles. The molecule has 1 saturated heterocycles. The molecule has 1 aliphatic rings. The maximum Gasteiger partial charge on any atom is 0.230 e. The molecule has 2 heterocycles. The van der Waals surface area contributed by atoms with Crippen molar-refractivity contribution < 1.29 is 14.7 Å². The zero-order valence-corrected chi connectivity index (χ0v) is 11.2. The van der Waals surface area contributed by atoms with Crippen molar-refractivity contribution in [3.63, 3.8) is 0 Å². The highest BCUT2D eigenvalue weighted by Gasteiger charge is 2.25.